The van der Waals surface area contributed by atoms with Crippen LogP contribution in [0.2, 0.25) is 0 Å². The predicted octanol–water partition coefficient (Wildman–Crippen LogP) is 1.71. The molecule has 3 heterocycles. The number of pyridine rings is 2. The van der Waals surface area contributed by atoms with E-state index in [1.807, 2.05) is 13.8 Å². The Hall–Kier alpha value is -3.21. The Bertz CT molecular complexity index is 1190. The Labute approximate surface area is 174 Å². The number of aromatic nitrogens is 4. The zero-order valence-corrected chi connectivity index (χ0v) is 17.9. The molecule has 2 N–H and O–H groups in total. The second-order valence-corrected chi connectivity index (χ2v) is 8.56. The number of nitrogens with one attached hydrogen (secondary N) is 2. The number of nitrogens with zero attached hydrogens (tertiary/aromatic N) is 4. The van der Waals surface area contributed by atoms with Gasteiger partial charge in [0, 0.05) is 18.8 Å². The van der Waals surface area contributed by atoms with Crippen molar-refractivity contribution < 1.29 is 13.3 Å². The van der Waals surface area contributed by atoms with E-state index in [2.05, 4.69) is 25.0 Å². The van der Waals surface area contributed by atoms with Gasteiger partial charge in [0.2, 0.25) is 10.0 Å². The first kappa shape index (κ1) is 21.5. The smallest absolute Gasteiger partial charge is 0.287 e. The number of hydrogen-bond acceptors (Lipinski definition) is 8. The summed E-state index contributed by atoms with van der Waals surface area (Å²) in [5.41, 5.74) is 2.17. The monoisotopic (exact) mass is 432 g/mol. The average molecular weight is 433 g/mol. The lowest BCUT2D eigenvalue weighted by molar-refractivity contribution is 0.108. The average Bonchev–Trinajstić information content (AvgIpc) is 2.68. The maximum absolute atomic E-state index is 12.6. The standard InChI is InChI=1S/C19H24N6O4S/c1-4-5-8-29-25-17(26)9-15(18-13(2)22-12-23-19(18)25)20-10-14-6-7-16(21-11-14)24-30(3,27)28/h6-7,9,11-12,20H,4-5,8,10H2,1-3H3,(H,21,24). The molecule has 0 radical (unpaired) electrons. The van der Waals surface area contributed by atoms with Crippen LogP contribution in [-0.2, 0) is 16.6 Å². The largest absolute Gasteiger partial charge is 0.409 e. The molecular formula is C19H24N6O4S. The quantitative estimate of drug-likeness (QED) is 0.489. The van der Waals surface area contributed by atoms with E-state index in [9.17, 15) is 13.2 Å². The topological polar surface area (TPSA) is 128 Å². The van der Waals surface area contributed by atoms with E-state index in [1.165, 1.54) is 17.1 Å². The summed E-state index contributed by atoms with van der Waals surface area (Å²) < 4.78 is 26.1. The first-order chi connectivity index (χ1) is 14.3. The summed E-state index contributed by atoms with van der Waals surface area (Å²) in [5, 5.41) is 3.91. The van der Waals surface area contributed by atoms with Crippen LogP contribution in [0.3, 0.4) is 0 Å². The summed E-state index contributed by atoms with van der Waals surface area (Å²) >= 11 is 0. The molecule has 0 saturated carbocycles. The van der Waals surface area contributed by atoms with Crippen molar-refractivity contribution in [2.45, 2.75) is 33.2 Å². The summed E-state index contributed by atoms with van der Waals surface area (Å²) in [4.78, 5) is 30.8. The third-order valence-corrected chi connectivity index (χ3v) is 4.84. The molecule has 0 aliphatic rings. The summed E-state index contributed by atoms with van der Waals surface area (Å²) in [6.07, 6.45) is 5.80. The fourth-order valence-electron chi connectivity index (χ4n) is 2.83. The van der Waals surface area contributed by atoms with Gasteiger partial charge in [0.25, 0.3) is 5.56 Å². The first-order valence-corrected chi connectivity index (χ1v) is 11.3. The Morgan fingerprint density at radius 3 is 2.67 bits per heavy atom. The number of aryl methyl sites for hydroxylation is 1. The Morgan fingerprint density at radius 2 is 2.00 bits per heavy atom. The van der Waals surface area contributed by atoms with E-state index in [1.54, 1.807) is 18.3 Å². The van der Waals surface area contributed by atoms with E-state index >= 15 is 0 Å². The van der Waals surface area contributed by atoms with Gasteiger partial charge in [-0.05, 0) is 25.0 Å². The van der Waals surface area contributed by atoms with Crippen molar-refractivity contribution in [3.05, 3.63) is 52.3 Å². The van der Waals surface area contributed by atoms with Crippen LogP contribution in [0, 0.1) is 6.92 Å². The van der Waals surface area contributed by atoms with Crippen LogP contribution < -0.4 is 20.4 Å². The minimum absolute atomic E-state index is 0.239. The van der Waals surface area contributed by atoms with Crippen LogP contribution in [0.1, 0.15) is 31.0 Å². The molecule has 11 heteroatoms. The fraction of sp³-hybridized carbons (Fsp3) is 0.368. The maximum atomic E-state index is 12.6. The minimum atomic E-state index is -3.38. The van der Waals surface area contributed by atoms with Gasteiger partial charge in [-0.2, -0.15) is 0 Å². The molecule has 0 aromatic carbocycles. The fourth-order valence-corrected chi connectivity index (χ4v) is 3.33. The zero-order chi connectivity index (χ0) is 21.7. The summed E-state index contributed by atoms with van der Waals surface area (Å²) in [6, 6.07) is 4.77. The van der Waals surface area contributed by atoms with Crippen molar-refractivity contribution in [1.82, 2.24) is 19.7 Å². The van der Waals surface area contributed by atoms with Crippen molar-refractivity contribution in [1.29, 1.82) is 0 Å². The molecule has 160 valence electrons. The summed E-state index contributed by atoms with van der Waals surface area (Å²) in [5.74, 6) is 0.239. The Morgan fingerprint density at radius 1 is 1.20 bits per heavy atom. The molecule has 0 unspecified atom stereocenters. The number of anilines is 2. The second-order valence-electron chi connectivity index (χ2n) is 6.81. The van der Waals surface area contributed by atoms with E-state index < -0.39 is 10.0 Å². The van der Waals surface area contributed by atoms with Crippen molar-refractivity contribution in [3.63, 3.8) is 0 Å². The number of hydrogen-bond donors (Lipinski definition) is 2. The summed E-state index contributed by atoms with van der Waals surface area (Å²) in [6.45, 7) is 4.67. The number of unbranched alkanes of at least 4 members (excludes halogenated alkanes) is 1. The lowest BCUT2D eigenvalue weighted by Gasteiger charge is -2.15. The van der Waals surface area contributed by atoms with Gasteiger partial charge in [0.05, 0.1) is 23.0 Å². The van der Waals surface area contributed by atoms with Crippen molar-refractivity contribution in [3.8, 4) is 0 Å². The molecule has 0 bridgehead atoms. The lowest BCUT2D eigenvalue weighted by atomic mass is 10.2. The van der Waals surface area contributed by atoms with E-state index in [4.69, 9.17) is 4.84 Å². The highest BCUT2D eigenvalue weighted by atomic mass is 32.2. The van der Waals surface area contributed by atoms with Crippen LogP contribution in [0.25, 0.3) is 11.0 Å². The molecule has 10 nitrogen and oxygen atoms in total. The Balaban J connectivity index is 1.86. The highest BCUT2D eigenvalue weighted by Gasteiger charge is 2.14. The molecule has 0 aliphatic heterocycles. The van der Waals surface area contributed by atoms with E-state index in [-0.39, 0.29) is 11.4 Å². The van der Waals surface area contributed by atoms with Crippen molar-refractivity contribution in [2.24, 2.45) is 0 Å². The van der Waals surface area contributed by atoms with Gasteiger partial charge in [-0.15, -0.1) is 4.73 Å². The highest BCUT2D eigenvalue weighted by molar-refractivity contribution is 7.92. The Kier molecular flexibility index (Phi) is 6.50. The van der Waals surface area contributed by atoms with Gasteiger partial charge in [0.15, 0.2) is 5.65 Å². The highest BCUT2D eigenvalue weighted by Crippen LogP contribution is 2.22. The lowest BCUT2D eigenvalue weighted by Crippen LogP contribution is -2.29. The van der Waals surface area contributed by atoms with Crippen LogP contribution in [0.5, 0.6) is 0 Å². The van der Waals surface area contributed by atoms with Crippen LogP contribution >= 0.6 is 0 Å². The van der Waals surface area contributed by atoms with Crippen LogP contribution in [-0.4, -0.2) is 41.0 Å². The molecule has 0 aliphatic carbocycles. The van der Waals surface area contributed by atoms with E-state index in [0.29, 0.717) is 35.6 Å². The van der Waals surface area contributed by atoms with E-state index in [0.717, 1.165) is 24.7 Å². The SMILES string of the molecule is CCCCOn1c(=O)cc(NCc2ccc(NS(C)(=O)=O)nc2)c2c(C)ncnc21. The number of fused-ring (bicyclic) bond motifs is 1. The molecule has 3 aromatic heterocycles. The zero-order valence-electron chi connectivity index (χ0n) is 17.0. The molecule has 0 saturated heterocycles. The third kappa shape index (κ3) is 5.23. The molecule has 30 heavy (non-hydrogen) atoms. The molecular weight excluding hydrogens is 408 g/mol. The van der Waals surface area contributed by atoms with Gasteiger partial charge >= 0.3 is 0 Å². The third-order valence-electron chi connectivity index (χ3n) is 4.26. The van der Waals surface area contributed by atoms with Crippen molar-refractivity contribution >= 4 is 32.6 Å². The summed E-state index contributed by atoms with van der Waals surface area (Å²) in [7, 11) is -3.38. The van der Waals surface area contributed by atoms with Gasteiger partial charge in [0.1, 0.15) is 18.8 Å². The van der Waals surface area contributed by atoms with Gasteiger partial charge < -0.3 is 10.2 Å². The van der Waals surface area contributed by atoms with Gasteiger partial charge in [-0.25, -0.2) is 23.4 Å². The molecule has 0 fully saturated rings. The predicted molar refractivity (Wildman–Crippen MR) is 115 cm³/mol. The maximum Gasteiger partial charge on any atom is 0.287 e. The molecule has 0 atom stereocenters. The first-order valence-electron chi connectivity index (χ1n) is 9.45. The van der Waals surface area contributed by atoms with Crippen LogP contribution in [0.15, 0.2) is 35.5 Å². The van der Waals surface area contributed by atoms with Crippen LogP contribution in [0.4, 0.5) is 11.5 Å². The molecule has 0 spiro atoms. The molecule has 0 amide bonds. The second kappa shape index (κ2) is 9.08. The van der Waals surface area contributed by atoms with Crippen molar-refractivity contribution in [2.75, 3.05) is 22.9 Å². The number of rotatable bonds is 9. The molecule has 3 rings (SSSR count). The van der Waals surface area contributed by atoms with Gasteiger partial charge in [-0.3, -0.25) is 9.52 Å². The van der Waals surface area contributed by atoms with Gasteiger partial charge in [-0.1, -0.05) is 19.4 Å². The minimum Gasteiger partial charge on any atom is -0.409 e. The number of sulfonamides is 1. The normalized spacial score (nSPS) is 11.4. The molecule has 3 aromatic rings.